The number of likely N-dealkylation sites (tertiary alicyclic amines) is 1. The number of carbonyl (C=O) groups is 2. The zero-order valence-corrected chi connectivity index (χ0v) is 21.0. The number of hydrogen-bond donors (Lipinski definition) is 0. The molecule has 3 aliphatic rings. The molecule has 3 aromatic rings. The molecule has 192 valence electrons. The molecule has 6 bridgehead atoms. The zero-order chi connectivity index (χ0) is 25.4. The van der Waals surface area contributed by atoms with E-state index in [9.17, 15) is 9.59 Å². The maximum atomic E-state index is 14.5. The highest BCUT2D eigenvalue weighted by atomic mass is 16.5. The van der Waals surface area contributed by atoms with Crippen LogP contribution in [0.4, 0.5) is 5.69 Å². The second-order valence-electron chi connectivity index (χ2n) is 9.81. The van der Waals surface area contributed by atoms with Crippen LogP contribution in [0.25, 0.3) is 0 Å². The van der Waals surface area contributed by atoms with Crippen LogP contribution in [0.3, 0.4) is 0 Å². The van der Waals surface area contributed by atoms with Crippen molar-refractivity contribution in [2.75, 3.05) is 31.3 Å². The average Bonchev–Trinajstić information content (AvgIpc) is 3.60. The lowest BCUT2D eigenvalue weighted by atomic mass is 9.72. The van der Waals surface area contributed by atoms with Crippen LogP contribution in [0.15, 0.2) is 54.7 Å². The third-order valence-corrected chi connectivity index (χ3v) is 7.69. The van der Waals surface area contributed by atoms with Crippen molar-refractivity contribution >= 4 is 17.5 Å². The van der Waals surface area contributed by atoms with Gasteiger partial charge in [0.15, 0.2) is 0 Å². The van der Waals surface area contributed by atoms with Gasteiger partial charge in [-0.05, 0) is 42.7 Å². The Balaban J connectivity index is 1.50. The minimum atomic E-state index is -0.896. The first-order valence-corrected chi connectivity index (χ1v) is 13.0. The van der Waals surface area contributed by atoms with Gasteiger partial charge in [-0.25, -0.2) is 0 Å². The van der Waals surface area contributed by atoms with Crippen LogP contribution in [0.1, 0.15) is 49.0 Å². The van der Waals surface area contributed by atoms with Crippen LogP contribution in [-0.2, 0) is 32.8 Å². The van der Waals surface area contributed by atoms with Gasteiger partial charge in [-0.1, -0.05) is 35.5 Å². The molecule has 0 aliphatic carbocycles. The number of ether oxygens (including phenoxy) is 2. The standard InChI is InChI=1S/C28H31N5O4/c1-2-36-16-11-25(34)32-14-12-28-23-9-3-4-10-24(23)33(27(28)35)19-21-18-31(30-29-21)13-6-15-37-22-8-5-7-20(17-22)26(28)32/h3-5,7-10,17-18,26H,2,6,11-16,19H2,1H3/t26-,28+/m0/s1. The second-order valence-corrected chi connectivity index (χ2v) is 9.81. The molecular weight excluding hydrogens is 470 g/mol. The van der Waals surface area contributed by atoms with Crippen LogP contribution >= 0.6 is 0 Å². The largest absolute Gasteiger partial charge is 0.494 e. The molecule has 3 aliphatic heterocycles. The highest BCUT2D eigenvalue weighted by Crippen LogP contribution is 2.57. The maximum absolute atomic E-state index is 14.5. The molecule has 2 atom stereocenters. The highest BCUT2D eigenvalue weighted by molar-refractivity contribution is 6.09. The number of aromatic nitrogens is 3. The summed E-state index contributed by atoms with van der Waals surface area (Å²) in [7, 11) is 0. The number of fused-ring (bicyclic) bond motifs is 8. The van der Waals surface area contributed by atoms with Crippen molar-refractivity contribution in [2.24, 2.45) is 0 Å². The summed E-state index contributed by atoms with van der Waals surface area (Å²) >= 11 is 0. The fraction of sp³-hybridized carbons (Fsp3) is 0.429. The van der Waals surface area contributed by atoms with E-state index in [1.807, 2.05) is 71.5 Å². The highest BCUT2D eigenvalue weighted by Gasteiger charge is 2.61. The third kappa shape index (κ3) is 3.98. The number of anilines is 1. The topological polar surface area (TPSA) is 89.8 Å². The van der Waals surface area contributed by atoms with E-state index in [1.165, 1.54) is 0 Å². The molecular formula is C28H31N5O4. The third-order valence-electron chi connectivity index (χ3n) is 7.69. The number of aryl methyl sites for hydroxylation is 1. The molecule has 37 heavy (non-hydrogen) atoms. The average molecular weight is 502 g/mol. The fourth-order valence-electron chi connectivity index (χ4n) is 6.10. The Bertz CT molecular complexity index is 1320. The number of nitrogens with zero attached hydrogens (tertiary/aromatic N) is 5. The van der Waals surface area contributed by atoms with E-state index >= 15 is 0 Å². The Labute approximate surface area is 216 Å². The molecule has 0 unspecified atom stereocenters. The second kappa shape index (κ2) is 9.63. The first-order valence-electron chi connectivity index (χ1n) is 13.0. The maximum Gasteiger partial charge on any atom is 0.240 e. The van der Waals surface area contributed by atoms with E-state index in [2.05, 4.69) is 10.3 Å². The first kappa shape index (κ1) is 23.7. The number of para-hydroxylation sites is 1. The van der Waals surface area contributed by atoms with Crippen LogP contribution in [0.2, 0.25) is 0 Å². The Morgan fingerprint density at radius 3 is 2.97 bits per heavy atom. The Hall–Kier alpha value is -3.72. The Morgan fingerprint density at radius 1 is 1.19 bits per heavy atom. The summed E-state index contributed by atoms with van der Waals surface area (Å²) in [4.78, 5) is 31.8. The number of carbonyl (C=O) groups excluding carboxylic acids is 2. The van der Waals surface area contributed by atoms with E-state index in [1.54, 1.807) is 4.68 Å². The summed E-state index contributed by atoms with van der Waals surface area (Å²) in [6, 6.07) is 15.4. The lowest BCUT2D eigenvalue weighted by Crippen LogP contribution is -2.45. The molecule has 2 amide bonds. The summed E-state index contributed by atoms with van der Waals surface area (Å²) in [5, 5.41) is 8.60. The zero-order valence-electron chi connectivity index (χ0n) is 21.0. The van der Waals surface area contributed by atoms with E-state index in [0.717, 1.165) is 34.7 Å². The number of benzene rings is 2. The van der Waals surface area contributed by atoms with Crippen LogP contribution in [-0.4, -0.2) is 58.1 Å². The van der Waals surface area contributed by atoms with Crippen molar-refractivity contribution in [3.05, 3.63) is 71.5 Å². The van der Waals surface area contributed by atoms with Crippen molar-refractivity contribution < 1.29 is 19.1 Å². The summed E-state index contributed by atoms with van der Waals surface area (Å²) in [5.41, 5.74) is 2.57. The van der Waals surface area contributed by atoms with Gasteiger partial charge in [-0.3, -0.25) is 14.3 Å². The first-order chi connectivity index (χ1) is 18.1. The van der Waals surface area contributed by atoms with Gasteiger partial charge in [0.05, 0.1) is 38.4 Å². The van der Waals surface area contributed by atoms with Gasteiger partial charge in [0.25, 0.3) is 0 Å². The molecule has 9 nitrogen and oxygen atoms in total. The lowest BCUT2D eigenvalue weighted by Gasteiger charge is -2.35. The predicted octanol–water partition coefficient (Wildman–Crippen LogP) is 3.25. The smallest absolute Gasteiger partial charge is 0.240 e. The van der Waals surface area contributed by atoms with Crippen molar-refractivity contribution in [3.63, 3.8) is 0 Å². The van der Waals surface area contributed by atoms with E-state index in [0.29, 0.717) is 45.9 Å². The molecule has 1 saturated heterocycles. The van der Waals surface area contributed by atoms with Crippen molar-refractivity contribution in [3.8, 4) is 5.75 Å². The summed E-state index contributed by atoms with van der Waals surface area (Å²) in [5.74, 6) is 0.715. The summed E-state index contributed by atoms with van der Waals surface area (Å²) in [6.45, 7) is 4.86. The molecule has 1 fully saturated rings. The number of amides is 2. The SMILES string of the molecule is CCOCCC(=O)N1CC[C@]23C(=O)N(Cc4cn(nn4)CCCOc4cccc(c4)[C@H]12)c1ccccc13. The van der Waals surface area contributed by atoms with Gasteiger partial charge in [0.2, 0.25) is 11.8 Å². The normalized spacial score (nSPS) is 22.6. The van der Waals surface area contributed by atoms with E-state index in [-0.39, 0.29) is 18.2 Å². The number of hydrogen-bond acceptors (Lipinski definition) is 6. The van der Waals surface area contributed by atoms with Gasteiger partial charge in [-0.15, -0.1) is 5.10 Å². The van der Waals surface area contributed by atoms with Crippen LogP contribution in [0, 0.1) is 0 Å². The summed E-state index contributed by atoms with van der Waals surface area (Å²) in [6.07, 6.45) is 3.49. The quantitative estimate of drug-likeness (QED) is 0.510. The van der Waals surface area contributed by atoms with Gasteiger partial charge >= 0.3 is 0 Å². The molecule has 9 heteroatoms. The van der Waals surface area contributed by atoms with Crippen molar-refractivity contribution in [1.29, 1.82) is 0 Å². The van der Waals surface area contributed by atoms with Crippen molar-refractivity contribution in [1.82, 2.24) is 19.9 Å². The number of rotatable bonds is 4. The molecule has 6 rings (SSSR count). The monoisotopic (exact) mass is 501 g/mol. The van der Waals surface area contributed by atoms with E-state index in [4.69, 9.17) is 9.47 Å². The van der Waals surface area contributed by atoms with Gasteiger partial charge in [-0.2, -0.15) is 0 Å². The lowest BCUT2D eigenvalue weighted by molar-refractivity contribution is -0.134. The molecule has 0 radical (unpaired) electrons. The van der Waals surface area contributed by atoms with Gasteiger partial charge in [0.1, 0.15) is 16.9 Å². The molecule has 4 heterocycles. The molecule has 0 N–H and O–H groups in total. The predicted molar refractivity (Wildman–Crippen MR) is 136 cm³/mol. The van der Waals surface area contributed by atoms with Gasteiger partial charge < -0.3 is 19.3 Å². The Morgan fingerprint density at radius 2 is 2.08 bits per heavy atom. The van der Waals surface area contributed by atoms with Gasteiger partial charge in [0, 0.05) is 31.8 Å². The van der Waals surface area contributed by atoms with Crippen molar-refractivity contribution in [2.45, 2.75) is 50.7 Å². The minimum absolute atomic E-state index is 0.00504. The van der Waals surface area contributed by atoms with Crippen LogP contribution in [0.5, 0.6) is 5.75 Å². The molecule has 1 spiro atoms. The molecule has 1 aromatic heterocycles. The Kier molecular flexibility index (Phi) is 6.16. The summed E-state index contributed by atoms with van der Waals surface area (Å²) < 4.78 is 13.4. The fourth-order valence-corrected chi connectivity index (χ4v) is 6.10. The minimum Gasteiger partial charge on any atom is -0.494 e. The van der Waals surface area contributed by atoms with E-state index < -0.39 is 11.5 Å². The molecule has 2 aromatic carbocycles. The molecule has 0 saturated carbocycles. The van der Waals surface area contributed by atoms with Crippen LogP contribution < -0.4 is 9.64 Å².